The van der Waals surface area contributed by atoms with Crippen LogP contribution in [0.4, 0.5) is 5.13 Å². The Labute approximate surface area is 208 Å². The first-order valence-corrected chi connectivity index (χ1v) is 11.8. The van der Waals surface area contributed by atoms with Crippen molar-refractivity contribution in [2.75, 3.05) is 18.2 Å². The maximum absolute atomic E-state index is 13.3. The van der Waals surface area contributed by atoms with E-state index in [-0.39, 0.29) is 25.1 Å². The van der Waals surface area contributed by atoms with Gasteiger partial charge in [-0.2, -0.15) is 0 Å². The van der Waals surface area contributed by atoms with Crippen LogP contribution in [-0.4, -0.2) is 33.8 Å². The molecule has 0 atom stereocenters. The Morgan fingerprint density at radius 1 is 1.24 bits per heavy atom. The number of anilines is 1. The molecule has 0 unspecified atom stereocenters. The highest BCUT2D eigenvalue weighted by molar-refractivity contribution is 7.22. The highest BCUT2D eigenvalue weighted by Gasteiger charge is 2.19. The van der Waals surface area contributed by atoms with Crippen LogP contribution in [0.25, 0.3) is 16.3 Å². The summed E-state index contributed by atoms with van der Waals surface area (Å²) in [5.74, 6) is 1.32. The fourth-order valence-corrected chi connectivity index (χ4v) is 4.84. The second kappa shape index (κ2) is 10.7. The van der Waals surface area contributed by atoms with Crippen molar-refractivity contribution in [3.05, 3.63) is 72.3 Å². The van der Waals surface area contributed by atoms with Crippen LogP contribution in [0.1, 0.15) is 24.5 Å². The average Bonchev–Trinajstić information content (AvgIpc) is 3.60. The van der Waals surface area contributed by atoms with Gasteiger partial charge in [0.2, 0.25) is 6.79 Å². The van der Waals surface area contributed by atoms with E-state index in [9.17, 15) is 4.79 Å². The number of hydrogen-bond acceptors (Lipinski definition) is 6. The third kappa shape index (κ3) is 5.08. The van der Waals surface area contributed by atoms with Gasteiger partial charge in [-0.1, -0.05) is 36.5 Å². The van der Waals surface area contributed by atoms with Gasteiger partial charge < -0.3 is 14.0 Å². The van der Waals surface area contributed by atoms with E-state index in [1.54, 1.807) is 40.9 Å². The van der Waals surface area contributed by atoms with Gasteiger partial charge in [-0.15, -0.1) is 12.4 Å². The molecule has 1 aliphatic rings. The molecule has 4 aromatic rings. The van der Waals surface area contributed by atoms with Crippen molar-refractivity contribution in [3.63, 3.8) is 0 Å². The lowest BCUT2D eigenvalue weighted by atomic mass is 10.1. The topological polar surface area (TPSA) is 69.5 Å². The average molecular weight is 497 g/mol. The van der Waals surface area contributed by atoms with Crippen LogP contribution in [0.5, 0.6) is 11.5 Å². The Kier molecular flexibility index (Phi) is 7.49. The van der Waals surface area contributed by atoms with Gasteiger partial charge in [0, 0.05) is 31.6 Å². The summed E-state index contributed by atoms with van der Waals surface area (Å²) < 4.78 is 13.9. The molecule has 1 amide bonds. The monoisotopic (exact) mass is 496 g/mol. The summed E-state index contributed by atoms with van der Waals surface area (Å²) in [4.78, 5) is 24.0. The Morgan fingerprint density at radius 2 is 2.12 bits per heavy atom. The van der Waals surface area contributed by atoms with E-state index in [4.69, 9.17) is 14.5 Å². The summed E-state index contributed by atoms with van der Waals surface area (Å²) in [6.45, 7) is 3.68. The zero-order valence-electron chi connectivity index (χ0n) is 18.7. The summed E-state index contributed by atoms with van der Waals surface area (Å²) in [7, 11) is 0. The fourth-order valence-electron chi connectivity index (χ4n) is 3.80. The van der Waals surface area contributed by atoms with Crippen molar-refractivity contribution < 1.29 is 14.3 Å². The zero-order valence-corrected chi connectivity index (χ0v) is 20.3. The lowest BCUT2D eigenvalue weighted by Crippen LogP contribution is -2.30. The molecule has 176 valence electrons. The largest absolute Gasteiger partial charge is 0.454 e. The number of carbonyl (C=O) groups excluding carboxylic acids is 1. The number of aromatic nitrogens is 3. The molecule has 0 bridgehead atoms. The van der Waals surface area contributed by atoms with Crippen molar-refractivity contribution in [1.29, 1.82) is 0 Å². The number of thiazole rings is 1. The number of fused-ring (bicyclic) bond motifs is 2. The minimum absolute atomic E-state index is 0. The SMILES string of the molecule is CCc1cccc2sc(N(CCCn3ccnc3)C(=O)/C=C/c3ccc4c(c3)OCO4)nc12.Cl. The molecule has 2 aromatic carbocycles. The minimum atomic E-state index is -0.101. The summed E-state index contributed by atoms with van der Waals surface area (Å²) in [6.07, 6.45) is 10.6. The zero-order chi connectivity index (χ0) is 22.6. The van der Waals surface area contributed by atoms with E-state index >= 15 is 0 Å². The van der Waals surface area contributed by atoms with Gasteiger partial charge in [-0.05, 0) is 48.2 Å². The molecule has 5 rings (SSSR count). The second-order valence-electron chi connectivity index (χ2n) is 7.70. The first-order chi connectivity index (χ1) is 16.2. The molecule has 0 saturated carbocycles. The van der Waals surface area contributed by atoms with Gasteiger partial charge in [-0.25, -0.2) is 9.97 Å². The summed E-state index contributed by atoms with van der Waals surface area (Å²) >= 11 is 1.55. The second-order valence-corrected chi connectivity index (χ2v) is 8.71. The number of ether oxygens (including phenoxy) is 2. The smallest absolute Gasteiger partial charge is 0.252 e. The van der Waals surface area contributed by atoms with Crippen molar-refractivity contribution in [3.8, 4) is 11.5 Å². The number of para-hydroxylation sites is 1. The van der Waals surface area contributed by atoms with Crippen LogP contribution in [0.3, 0.4) is 0 Å². The number of carbonyl (C=O) groups is 1. The van der Waals surface area contributed by atoms with Crippen LogP contribution in [0.2, 0.25) is 0 Å². The molecule has 9 heteroatoms. The Morgan fingerprint density at radius 3 is 2.94 bits per heavy atom. The van der Waals surface area contributed by atoms with Crippen molar-refractivity contribution in [2.45, 2.75) is 26.3 Å². The molecule has 0 fully saturated rings. The highest BCUT2D eigenvalue weighted by Crippen LogP contribution is 2.33. The van der Waals surface area contributed by atoms with E-state index in [2.05, 4.69) is 24.0 Å². The van der Waals surface area contributed by atoms with Crippen molar-refractivity contribution in [1.82, 2.24) is 14.5 Å². The van der Waals surface area contributed by atoms with Crippen molar-refractivity contribution >= 4 is 51.1 Å². The van der Waals surface area contributed by atoms with Gasteiger partial charge in [0.05, 0.1) is 16.5 Å². The third-order valence-corrected chi connectivity index (χ3v) is 6.58. The first-order valence-electron chi connectivity index (χ1n) is 10.9. The normalized spacial score (nSPS) is 12.3. The molecule has 1 aliphatic heterocycles. The predicted molar refractivity (Wildman–Crippen MR) is 137 cm³/mol. The Balaban J connectivity index is 0.00000274. The first kappa shape index (κ1) is 23.8. The van der Waals surface area contributed by atoms with Gasteiger partial charge >= 0.3 is 0 Å². The number of aryl methyl sites for hydroxylation is 2. The summed E-state index contributed by atoms with van der Waals surface area (Å²) in [5.41, 5.74) is 3.05. The highest BCUT2D eigenvalue weighted by atomic mass is 35.5. The van der Waals surface area contributed by atoms with E-state index < -0.39 is 0 Å². The van der Waals surface area contributed by atoms with Gasteiger partial charge in [0.15, 0.2) is 16.6 Å². The van der Waals surface area contributed by atoms with Crippen LogP contribution >= 0.6 is 23.7 Å². The third-order valence-electron chi connectivity index (χ3n) is 5.54. The van der Waals surface area contributed by atoms with Gasteiger partial charge in [-0.3, -0.25) is 9.69 Å². The molecule has 3 heterocycles. The van der Waals surface area contributed by atoms with Crippen LogP contribution < -0.4 is 14.4 Å². The van der Waals surface area contributed by atoms with Crippen LogP contribution in [0, 0.1) is 0 Å². The van der Waals surface area contributed by atoms with E-state index in [0.717, 1.165) is 46.0 Å². The van der Waals surface area contributed by atoms with E-state index in [0.29, 0.717) is 12.3 Å². The maximum Gasteiger partial charge on any atom is 0.252 e. The number of nitrogens with zero attached hydrogens (tertiary/aromatic N) is 4. The molecule has 0 spiro atoms. The van der Waals surface area contributed by atoms with E-state index in [1.165, 1.54) is 5.56 Å². The molecule has 2 aromatic heterocycles. The van der Waals surface area contributed by atoms with Gasteiger partial charge in [0.25, 0.3) is 5.91 Å². The Hall–Kier alpha value is -3.36. The molecule has 0 radical (unpaired) electrons. The lowest BCUT2D eigenvalue weighted by Gasteiger charge is -2.18. The minimum Gasteiger partial charge on any atom is -0.454 e. The van der Waals surface area contributed by atoms with Crippen LogP contribution in [0.15, 0.2) is 61.2 Å². The summed E-state index contributed by atoms with van der Waals surface area (Å²) in [5, 5.41) is 0.719. The van der Waals surface area contributed by atoms with E-state index in [1.807, 2.05) is 35.0 Å². The van der Waals surface area contributed by atoms with Gasteiger partial charge in [0.1, 0.15) is 0 Å². The van der Waals surface area contributed by atoms with Crippen molar-refractivity contribution in [2.24, 2.45) is 0 Å². The Bertz CT molecular complexity index is 1300. The molecule has 7 nitrogen and oxygen atoms in total. The van der Waals surface area contributed by atoms with Crippen LogP contribution in [-0.2, 0) is 17.8 Å². The number of hydrogen-bond donors (Lipinski definition) is 0. The molecule has 0 N–H and O–H groups in total. The molecular weight excluding hydrogens is 472 g/mol. The quantitative estimate of drug-likeness (QED) is 0.308. The fraction of sp³-hybridized carbons (Fsp3) is 0.240. The molecule has 0 aliphatic carbocycles. The number of imidazole rings is 1. The number of rotatable bonds is 8. The number of benzene rings is 2. The lowest BCUT2D eigenvalue weighted by molar-refractivity contribution is -0.114. The number of halogens is 1. The maximum atomic E-state index is 13.3. The number of amides is 1. The standard InChI is InChI=1S/C25H24N4O3S.ClH/c1-2-19-5-3-6-22-24(19)27-25(33-22)29(13-4-12-28-14-11-26-16-28)23(30)10-8-18-7-9-20-21(15-18)32-17-31-20;/h3,5-11,14-16H,2,4,12-13,17H2,1H3;1H/b10-8+;. The predicted octanol–water partition coefficient (Wildman–Crippen LogP) is 5.34. The molecule has 34 heavy (non-hydrogen) atoms. The summed E-state index contributed by atoms with van der Waals surface area (Å²) in [6, 6.07) is 11.8. The molecular formula is C25H25ClN4O3S. The molecule has 0 saturated heterocycles.